The summed E-state index contributed by atoms with van der Waals surface area (Å²) >= 11 is 0. The molecule has 4 unspecified atom stereocenters. The van der Waals surface area contributed by atoms with Gasteiger partial charge in [-0.3, -0.25) is 9.59 Å². The molecular formula is C28H42N2O7. The Balaban J connectivity index is 1.59. The van der Waals surface area contributed by atoms with Crippen LogP contribution >= 0.6 is 0 Å². The molecule has 0 amide bonds. The molecule has 2 saturated heterocycles. The van der Waals surface area contributed by atoms with Crippen molar-refractivity contribution in [1.29, 1.82) is 0 Å². The van der Waals surface area contributed by atoms with E-state index in [1.54, 1.807) is 26.8 Å². The molecule has 0 aromatic carbocycles. The number of carbonyl (C=O) groups is 2. The van der Waals surface area contributed by atoms with Crippen molar-refractivity contribution in [2.75, 3.05) is 0 Å². The molecule has 0 spiro atoms. The summed E-state index contributed by atoms with van der Waals surface area (Å²) in [6.07, 6.45) is 2.54. The average molecular weight is 519 g/mol. The lowest BCUT2D eigenvalue weighted by Crippen LogP contribution is -2.46. The largest absolute Gasteiger partial charge is 0.458 e. The summed E-state index contributed by atoms with van der Waals surface area (Å²) < 4.78 is 17.3. The first-order valence-electron chi connectivity index (χ1n) is 13.4. The van der Waals surface area contributed by atoms with Gasteiger partial charge in [-0.25, -0.2) is 4.98 Å². The maximum absolute atomic E-state index is 13.3. The van der Waals surface area contributed by atoms with Crippen LogP contribution in [0.15, 0.2) is 16.3 Å². The van der Waals surface area contributed by atoms with Gasteiger partial charge in [0.25, 0.3) is 0 Å². The maximum atomic E-state index is 13.3. The third-order valence-corrected chi connectivity index (χ3v) is 8.98. The smallest absolute Gasteiger partial charge is 0.309 e. The monoisotopic (exact) mass is 518 g/mol. The maximum Gasteiger partial charge on any atom is 0.309 e. The van der Waals surface area contributed by atoms with E-state index in [0.717, 1.165) is 18.4 Å². The van der Waals surface area contributed by atoms with Crippen molar-refractivity contribution in [3.8, 4) is 0 Å². The number of ether oxygens (including phenoxy) is 2. The second kappa shape index (κ2) is 10.2. The van der Waals surface area contributed by atoms with Gasteiger partial charge in [0.05, 0.1) is 42.3 Å². The molecule has 2 aliphatic heterocycles. The third-order valence-electron chi connectivity index (χ3n) is 8.98. The first kappa shape index (κ1) is 28.0. The summed E-state index contributed by atoms with van der Waals surface area (Å²) in [6, 6.07) is 0. The van der Waals surface area contributed by atoms with Gasteiger partial charge in [0.1, 0.15) is 23.8 Å². The minimum absolute atomic E-state index is 0.0469. The molecule has 9 nitrogen and oxygen atoms in total. The van der Waals surface area contributed by atoms with E-state index >= 15 is 0 Å². The van der Waals surface area contributed by atoms with E-state index < -0.39 is 35.6 Å². The van der Waals surface area contributed by atoms with Crippen molar-refractivity contribution in [3.63, 3.8) is 0 Å². The minimum atomic E-state index is -1.26. The van der Waals surface area contributed by atoms with Crippen LogP contribution in [0.4, 0.5) is 0 Å². The van der Waals surface area contributed by atoms with E-state index in [1.807, 2.05) is 13.8 Å². The lowest BCUT2D eigenvalue weighted by atomic mass is 9.72. The van der Waals surface area contributed by atoms with Crippen LogP contribution in [0, 0.1) is 29.1 Å². The average Bonchev–Trinajstić information content (AvgIpc) is 3.68. The summed E-state index contributed by atoms with van der Waals surface area (Å²) in [4.78, 5) is 30.6. The Morgan fingerprint density at radius 1 is 1.22 bits per heavy atom. The highest BCUT2D eigenvalue weighted by Gasteiger charge is 2.58. The van der Waals surface area contributed by atoms with Crippen molar-refractivity contribution in [2.45, 2.75) is 104 Å². The Morgan fingerprint density at radius 2 is 1.92 bits per heavy atom. The Kier molecular flexibility index (Phi) is 7.74. The van der Waals surface area contributed by atoms with Gasteiger partial charge >= 0.3 is 5.97 Å². The molecule has 1 aromatic heterocycles. The van der Waals surface area contributed by atoms with Crippen molar-refractivity contribution < 1.29 is 33.7 Å². The number of hydrogen-bond acceptors (Lipinski definition) is 9. The van der Waals surface area contributed by atoms with Gasteiger partial charge in [-0.2, -0.15) is 0 Å². The number of rotatable bonds is 3. The fourth-order valence-electron chi connectivity index (χ4n) is 6.01. The van der Waals surface area contributed by atoms with E-state index in [2.05, 4.69) is 11.9 Å². The number of oxazole rings is 1. The summed E-state index contributed by atoms with van der Waals surface area (Å²) in [5, 5.41) is 22.0. The third kappa shape index (κ3) is 5.85. The number of epoxide rings is 1. The molecule has 3 fully saturated rings. The number of nitrogens with two attached hydrogens (primary N) is 1. The first-order chi connectivity index (χ1) is 17.3. The molecule has 1 saturated carbocycles. The normalized spacial score (nSPS) is 40.9. The highest BCUT2D eigenvalue weighted by atomic mass is 16.6. The minimum Gasteiger partial charge on any atom is -0.458 e. The molecule has 0 radical (unpaired) electrons. The van der Waals surface area contributed by atoms with Gasteiger partial charge in [0.15, 0.2) is 0 Å². The van der Waals surface area contributed by atoms with Gasteiger partial charge in [0.2, 0.25) is 5.89 Å². The van der Waals surface area contributed by atoms with Crippen molar-refractivity contribution >= 4 is 17.8 Å². The molecule has 37 heavy (non-hydrogen) atoms. The molecule has 4 rings (SSSR count). The Hall–Kier alpha value is -2.07. The van der Waals surface area contributed by atoms with E-state index in [0.29, 0.717) is 29.8 Å². The lowest BCUT2D eigenvalue weighted by Gasteiger charge is -2.34. The zero-order valence-electron chi connectivity index (χ0n) is 22.8. The lowest BCUT2D eigenvalue weighted by molar-refractivity contribution is -0.154. The van der Waals surface area contributed by atoms with Crippen LogP contribution in [-0.4, -0.2) is 57.0 Å². The quantitative estimate of drug-likeness (QED) is 0.405. The molecule has 206 valence electrons. The number of hydrogen-bond donors (Lipinski definition) is 3. The second-order valence-corrected chi connectivity index (χ2v) is 12.2. The number of cyclic esters (lactones) is 1. The molecule has 9 atom stereocenters. The number of esters is 1. The van der Waals surface area contributed by atoms with Crippen molar-refractivity contribution in [2.24, 2.45) is 34.8 Å². The van der Waals surface area contributed by atoms with Crippen LogP contribution in [0.1, 0.15) is 78.8 Å². The van der Waals surface area contributed by atoms with E-state index in [-0.39, 0.29) is 36.4 Å². The fraction of sp³-hybridized carbons (Fsp3) is 0.750. The molecule has 9 heteroatoms. The summed E-state index contributed by atoms with van der Waals surface area (Å²) in [5.74, 6) is -0.424. The number of ketones is 1. The van der Waals surface area contributed by atoms with Crippen LogP contribution in [0.25, 0.3) is 6.08 Å². The van der Waals surface area contributed by atoms with Gasteiger partial charge < -0.3 is 29.8 Å². The molecule has 3 aliphatic rings. The summed E-state index contributed by atoms with van der Waals surface area (Å²) in [7, 11) is 0. The first-order valence-corrected chi connectivity index (χ1v) is 13.4. The summed E-state index contributed by atoms with van der Waals surface area (Å²) in [5.41, 5.74) is 5.39. The van der Waals surface area contributed by atoms with Crippen molar-refractivity contribution in [3.05, 3.63) is 23.4 Å². The predicted octanol–water partition coefficient (Wildman–Crippen LogP) is 3.02. The van der Waals surface area contributed by atoms with Gasteiger partial charge in [0, 0.05) is 12.3 Å². The van der Waals surface area contributed by atoms with Crippen LogP contribution in [-0.2, 0) is 25.6 Å². The SMILES string of the molecule is C/C(=C\c1coc(CN)n1)[C@@H]1CC2OC2(C)CC2CC2[C@H](C)[C@H](O)[C@@H](C)C(=O)C(C)(C)[C@H](O)CC(=O)O1. The number of carbonyl (C=O) groups excluding carboxylic acids is 2. The number of nitrogens with zero attached hydrogens (tertiary/aromatic N) is 1. The van der Waals surface area contributed by atoms with E-state index in [9.17, 15) is 19.8 Å². The highest BCUT2D eigenvalue weighted by molar-refractivity contribution is 5.88. The highest BCUT2D eigenvalue weighted by Crippen LogP contribution is 2.56. The van der Waals surface area contributed by atoms with Crippen LogP contribution in [0.2, 0.25) is 0 Å². The number of fused-ring (bicyclic) bond motifs is 2. The molecule has 0 bridgehead atoms. The van der Waals surface area contributed by atoms with Crippen LogP contribution < -0.4 is 5.73 Å². The second-order valence-electron chi connectivity index (χ2n) is 12.2. The molecule has 1 aromatic rings. The predicted molar refractivity (Wildman–Crippen MR) is 136 cm³/mol. The Bertz CT molecular complexity index is 1050. The zero-order chi connectivity index (χ0) is 27.3. The Labute approximate surface area is 218 Å². The number of aliphatic hydroxyl groups is 2. The number of Topliss-reactive ketones (excluding diaryl/α,β-unsaturated/α-hetero) is 1. The zero-order valence-corrected chi connectivity index (χ0v) is 22.8. The molecule has 4 N–H and O–H groups in total. The van der Waals surface area contributed by atoms with Gasteiger partial charge in [-0.1, -0.05) is 27.7 Å². The van der Waals surface area contributed by atoms with E-state index in [4.69, 9.17) is 19.6 Å². The fourth-order valence-corrected chi connectivity index (χ4v) is 6.01. The molecular weight excluding hydrogens is 476 g/mol. The topological polar surface area (TPSA) is 148 Å². The standard InChI is InChI=1S/C28H42N2O7/c1-14(7-18-13-35-23(12-29)30-18)20-9-22-28(6,37-22)11-17-8-19(17)15(2)25(33)16(3)26(34)27(4,5)21(31)10-24(32)36-20/h7,13,15-17,19-22,25,31,33H,8-12,29H2,1-6H3/b14-7+/t15-,16+,17?,19?,20-,21+,22?,25-,28?/m0/s1. The Morgan fingerprint density at radius 3 is 2.57 bits per heavy atom. The number of aromatic nitrogens is 1. The summed E-state index contributed by atoms with van der Waals surface area (Å²) in [6.45, 7) is 11.1. The van der Waals surface area contributed by atoms with Crippen molar-refractivity contribution in [1.82, 2.24) is 4.98 Å². The number of aliphatic hydroxyl groups excluding tert-OH is 2. The van der Waals surface area contributed by atoms with E-state index in [1.165, 1.54) is 6.26 Å². The van der Waals surface area contributed by atoms with Gasteiger partial charge in [-0.05, 0) is 56.1 Å². The van der Waals surface area contributed by atoms with Crippen LogP contribution in [0.5, 0.6) is 0 Å². The molecule has 1 aliphatic carbocycles. The molecule has 3 heterocycles. The van der Waals surface area contributed by atoms with Gasteiger partial charge in [-0.15, -0.1) is 0 Å². The van der Waals surface area contributed by atoms with Crippen LogP contribution in [0.3, 0.4) is 0 Å².